The molecule has 3 nitrogen and oxygen atoms in total. The second-order valence-electron chi connectivity index (χ2n) is 4.41. The fourth-order valence-corrected chi connectivity index (χ4v) is 3.07. The molecule has 1 aromatic rings. The van der Waals surface area contributed by atoms with Crippen LogP contribution < -0.4 is 0 Å². The lowest BCUT2D eigenvalue weighted by Gasteiger charge is -2.28. The van der Waals surface area contributed by atoms with Gasteiger partial charge in [-0.05, 0) is 31.5 Å². The third-order valence-corrected chi connectivity index (χ3v) is 3.95. The summed E-state index contributed by atoms with van der Waals surface area (Å²) in [5.74, 6) is 0.0356. The van der Waals surface area contributed by atoms with Crippen molar-refractivity contribution in [3.63, 3.8) is 0 Å². The number of amides is 1. The second-order valence-corrected chi connectivity index (χ2v) is 6.24. The largest absolute Gasteiger partial charge is 0.383 e. The van der Waals surface area contributed by atoms with Crippen molar-refractivity contribution in [1.29, 1.82) is 0 Å². The van der Waals surface area contributed by atoms with Gasteiger partial charge in [0.05, 0.1) is 6.61 Å². The van der Waals surface area contributed by atoms with E-state index in [-0.39, 0.29) is 11.9 Å². The number of carbonyl (C=O) groups is 1. The molecule has 1 atom stereocenters. The van der Waals surface area contributed by atoms with Crippen molar-refractivity contribution in [2.24, 2.45) is 0 Å². The van der Waals surface area contributed by atoms with Gasteiger partial charge in [0.25, 0.3) is 5.91 Å². The minimum atomic E-state index is 0.0356. The first-order valence-electron chi connectivity index (χ1n) is 6.25. The number of hydrogen-bond acceptors (Lipinski definition) is 2. The zero-order chi connectivity index (χ0) is 14.4. The molecule has 0 radical (unpaired) electrons. The monoisotopic (exact) mass is 391 g/mol. The maximum Gasteiger partial charge on any atom is 0.254 e. The number of rotatable bonds is 6. The molecule has 0 bridgehead atoms. The highest BCUT2D eigenvalue weighted by Gasteiger charge is 2.20. The first-order chi connectivity index (χ1) is 8.99. The summed E-state index contributed by atoms with van der Waals surface area (Å²) in [6.45, 7) is 5.29. The van der Waals surface area contributed by atoms with Crippen LogP contribution in [0.25, 0.3) is 0 Å². The van der Waals surface area contributed by atoms with Gasteiger partial charge in [-0.3, -0.25) is 4.79 Å². The molecule has 0 saturated carbocycles. The topological polar surface area (TPSA) is 29.5 Å². The second kappa shape index (κ2) is 8.02. The lowest BCUT2D eigenvalue weighted by Crippen LogP contribution is -2.40. The molecule has 0 saturated heterocycles. The lowest BCUT2D eigenvalue weighted by molar-refractivity contribution is 0.0614. The normalized spacial score (nSPS) is 12.3. The van der Waals surface area contributed by atoms with E-state index in [0.29, 0.717) is 18.7 Å². The van der Waals surface area contributed by atoms with Gasteiger partial charge in [0.2, 0.25) is 0 Å². The van der Waals surface area contributed by atoms with Gasteiger partial charge in [-0.2, -0.15) is 0 Å². The number of ether oxygens (including phenoxy) is 1. The van der Waals surface area contributed by atoms with Crippen LogP contribution >= 0.6 is 31.9 Å². The van der Waals surface area contributed by atoms with Crippen molar-refractivity contribution in [1.82, 2.24) is 4.90 Å². The highest BCUT2D eigenvalue weighted by atomic mass is 79.9. The molecule has 106 valence electrons. The summed E-state index contributed by atoms with van der Waals surface area (Å²) in [5.41, 5.74) is 0.678. The van der Waals surface area contributed by atoms with Crippen molar-refractivity contribution < 1.29 is 9.53 Å². The molecule has 0 heterocycles. The van der Waals surface area contributed by atoms with Gasteiger partial charge in [0.15, 0.2) is 0 Å². The van der Waals surface area contributed by atoms with Gasteiger partial charge in [-0.1, -0.05) is 38.8 Å². The van der Waals surface area contributed by atoms with E-state index in [9.17, 15) is 4.79 Å². The van der Waals surface area contributed by atoms with Crippen LogP contribution in [-0.4, -0.2) is 37.1 Å². The molecule has 19 heavy (non-hydrogen) atoms. The Morgan fingerprint density at radius 3 is 2.37 bits per heavy atom. The molecule has 0 aliphatic rings. The van der Waals surface area contributed by atoms with Gasteiger partial charge < -0.3 is 9.64 Å². The van der Waals surface area contributed by atoms with Crippen molar-refractivity contribution in [2.45, 2.75) is 26.3 Å². The number of nitrogens with zero attached hydrogens (tertiary/aromatic N) is 1. The maximum absolute atomic E-state index is 12.6. The average Bonchev–Trinajstić information content (AvgIpc) is 2.37. The standard InChI is InChI=1S/C14H19Br2NO2/c1-4-10(2)17(5-6-19-3)14(18)11-7-12(15)9-13(16)8-11/h7-10H,4-6H2,1-3H3. The Bertz CT molecular complexity index is 417. The third-order valence-electron chi connectivity index (χ3n) is 3.03. The van der Waals surface area contributed by atoms with E-state index in [2.05, 4.69) is 45.7 Å². The molecule has 1 aromatic carbocycles. The van der Waals surface area contributed by atoms with Gasteiger partial charge in [-0.25, -0.2) is 0 Å². The molecule has 1 unspecified atom stereocenters. The molecule has 1 rings (SSSR count). The van der Waals surface area contributed by atoms with Crippen molar-refractivity contribution in [3.05, 3.63) is 32.7 Å². The molecule has 5 heteroatoms. The molecule has 0 spiro atoms. The Hall–Kier alpha value is -0.390. The Morgan fingerprint density at radius 2 is 1.89 bits per heavy atom. The molecule has 0 aliphatic carbocycles. The SMILES string of the molecule is CCC(C)N(CCOC)C(=O)c1cc(Br)cc(Br)c1. The fourth-order valence-electron chi connectivity index (χ4n) is 1.78. The zero-order valence-electron chi connectivity index (χ0n) is 11.5. The number of halogens is 2. The number of hydrogen-bond donors (Lipinski definition) is 0. The van der Waals surface area contributed by atoms with Crippen LogP contribution in [0.15, 0.2) is 27.1 Å². The van der Waals surface area contributed by atoms with Crippen LogP contribution in [0.2, 0.25) is 0 Å². The highest BCUT2D eigenvalue weighted by Crippen LogP contribution is 2.22. The van der Waals surface area contributed by atoms with Gasteiger partial charge in [0, 0.05) is 34.2 Å². The molecule has 0 fully saturated rings. The molecular formula is C14H19Br2NO2. The summed E-state index contributed by atoms with van der Waals surface area (Å²) in [5, 5.41) is 0. The summed E-state index contributed by atoms with van der Waals surface area (Å²) in [6.07, 6.45) is 0.921. The van der Waals surface area contributed by atoms with Crippen LogP contribution in [0.1, 0.15) is 30.6 Å². The van der Waals surface area contributed by atoms with Gasteiger partial charge >= 0.3 is 0 Å². The fraction of sp³-hybridized carbons (Fsp3) is 0.500. The van der Waals surface area contributed by atoms with Crippen LogP contribution in [0.3, 0.4) is 0 Å². The van der Waals surface area contributed by atoms with Crippen molar-refractivity contribution >= 4 is 37.8 Å². The third kappa shape index (κ3) is 4.89. The van der Waals surface area contributed by atoms with Crippen molar-refractivity contribution in [3.8, 4) is 0 Å². The quantitative estimate of drug-likeness (QED) is 0.729. The molecular weight excluding hydrogens is 374 g/mol. The summed E-state index contributed by atoms with van der Waals surface area (Å²) < 4.78 is 6.87. The van der Waals surface area contributed by atoms with E-state index in [4.69, 9.17) is 4.74 Å². The minimum Gasteiger partial charge on any atom is -0.383 e. The Morgan fingerprint density at radius 1 is 1.32 bits per heavy atom. The lowest BCUT2D eigenvalue weighted by atomic mass is 10.1. The van der Waals surface area contributed by atoms with Gasteiger partial charge in [0.1, 0.15) is 0 Å². The van der Waals surface area contributed by atoms with E-state index in [0.717, 1.165) is 15.4 Å². The smallest absolute Gasteiger partial charge is 0.254 e. The van der Waals surface area contributed by atoms with Gasteiger partial charge in [-0.15, -0.1) is 0 Å². The van der Waals surface area contributed by atoms with Crippen LogP contribution in [0.5, 0.6) is 0 Å². The van der Waals surface area contributed by atoms with Crippen LogP contribution in [0.4, 0.5) is 0 Å². The maximum atomic E-state index is 12.6. The van der Waals surface area contributed by atoms with E-state index >= 15 is 0 Å². The molecule has 0 aliphatic heterocycles. The summed E-state index contributed by atoms with van der Waals surface area (Å²) in [6, 6.07) is 5.80. The summed E-state index contributed by atoms with van der Waals surface area (Å²) in [4.78, 5) is 14.4. The van der Waals surface area contributed by atoms with E-state index in [1.807, 2.05) is 23.1 Å². The van der Waals surface area contributed by atoms with Crippen LogP contribution in [-0.2, 0) is 4.74 Å². The Labute approximate surface area is 131 Å². The van der Waals surface area contributed by atoms with Crippen molar-refractivity contribution in [2.75, 3.05) is 20.3 Å². The van der Waals surface area contributed by atoms with Crippen LogP contribution in [0, 0.1) is 0 Å². The first kappa shape index (κ1) is 16.7. The predicted octanol–water partition coefficient (Wildman–Crippen LogP) is 4.10. The Kier molecular flexibility index (Phi) is 7.04. The zero-order valence-corrected chi connectivity index (χ0v) is 14.6. The number of benzene rings is 1. The first-order valence-corrected chi connectivity index (χ1v) is 7.84. The average molecular weight is 393 g/mol. The summed E-state index contributed by atoms with van der Waals surface area (Å²) >= 11 is 6.82. The number of carbonyl (C=O) groups excluding carboxylic acids is 1. The molecule has 1 amide bonds. The molecule has 0 aromatic heterocycles. The highest BCUT2D eigenvalue weighted by molar-refractivity contribution is 9.11. The summed E-state index contributed by atoms with van der Waals surface area (Å²) in [7, 11) is 1.65. The minimum absolute atomic E-state index is 0.0356. The van der Waals surface area contributed by atoms with E-state index in [1.54, 1.807) is 7.11 Å². The molecule has 0 N–H and O–H groups in total. The predicted molar refractivity (Wildman–Crippen MR) is 84.5 cm³/mol. The Balaban J connectivity index is 2.97. The van der Waals surface area contributed by atoms with E-state index in [1.165, 1.54) is 0 Å². The van der Waals surface area contributed by atoms with E-state index < -0.39 is 0 Å². The number of methoxy groups -OCH3 is 1.